The van der Waals surface area contributed by atoms with Crippen molar-refractivity contribution in [2.45, 2.75) is 0 Å². The van der Waals surface area contributed by atoms with E-state index in [-0.39, 0.29) is 17.1 Å². The number of nitrogens with one attached hydrogen (secondary N) is 1. The molecule has 3 nitrogen and oxygen atoms in total. The standard InChI is InChI=1S/C4H13N3.Fe/c5-1-3-7-4-2-6;/h7H,1-6H2;/q;+2. The molecule has 0 rings (SSSR count). The van der Waals surface area contributed by atoms with Crippen LogP contribution in [0.3, 0.4) is 0 Å². The molecule has 0 unspecified atom stereocenters. The van der Waals surface area contributed by atoms with Gasteiger partial charge in [-0.25, -0.2) is 0 Å². The van der Waals surface area contributed by atoms with Crippen molar-refractivity contribution in [3.05, 3.63) is 0 Å². The summed E-state index contributed by atoms with van der Waals surface area (Å²) >= 11 is 0. The first-order valence-electron chi connectivity index (χ1n) is 2.52. The second-order valence-electron chi connectivity index (χ2n) is 1.33. The van der Waals surface area contributed by atoms with Gasteiger partial charge in [-0.3, -0.25) is 0 Å². The van der Waals surface area contributed by atoms with Gasteiger partial charge < -0.3 is 16.8 Å². The average Bonchev–Trinajstić information content (AvgIpc) is 1.69. The maximum Gasteiger partial charge on any atom is 2.00 e. The van der Waals surface area contributed by atoms with Crippen LogP contribution in [0.4, 0.5) is 0 Å². The first-order valence-corrected chi connectivity index (χ1v) is 2.52. The molecule has 0 aliphatic rings. The van der Waals surface area contributed by atoms with Gasteiger partial charge in [-0.1, -0.05) is 0 Å². The molecule has 0 aromatic heterocycles. The Labute approximate surface area is 60.7 Å². The van der Waals surface area contributed by atoms with E-state index in [1.807, 2.05) is 0 Å². The summed E-state index contributed by atoms with van der Waals surface area (Å²) in [4.78, 5) is 0. The molecular weight excluding hydrogens is 146 g/mol. The fourth-order valence-corrected chi connectivity index (χ4v) is 0.329. The smallest absolute Gasteiger partial charge is 0.329 e. The molecule has 0 radical (unpaired) electrons. The molecule has 0 heterocycles. The van der Waals surface area contributed by atoms with E-state index in [0.29, 0.717) is 13.1 Å². The predicted octanol–water partition coefficient (Wildman–Crippen LogP) is -1.51. The van der Waals surface area contributed by atoms with E-state index in [4.69, 9.17) is 11.5 Å². The van der Waals surface area contributed by atoms with Crippen LogP contribution >= 0.6 is 0 Å². The Balaban J connectivity index is 0. The van der Waals surface area contributed by atoms with Gasteiger partial charge in [0.1, 0.15) is 0 Å². The maximum atomic E-state index is 5.17. The molecule has 5 N–H and O–H groups in total. The summed E-state index contributed by atoms with van der Waals surface area (Å²) in [7, 11) is 0. The van der Waals surface area contributed by atoms with Crippen LogP contribution in [0, 0.1) is 0 Å². The third-order valence-corrected chi connectivity index (χ3v) is 0.642. The Hall–Kier alpha value is 0.399. The van der Waals surface area contributed by atoms with Gasteiger partial charge in [-0.05, 0) is 0 Å². The van der Waals surface area contributed by atoms with E-state index in [9.17, 15) is 0 Å². The van der Waals surface area contributed by atoms with Gasteiger partial charge in [0.2, 0.25) is 0 Å². The van der Waals surface area contributed by atoms with Gasteiger partial charge in [0.15, 0.2) is 0 Å². The molecule has 0 amide bonds. The van der Waals surface area contributed by atoms with Crippen LogP contribution in [0.25, 0.3) is 0 Å². The van der Waals surface area contributed by atoms with Gasteiger partial charge in [0, 0.05) is 26.2 Å². The molecule has 0 saturated heterocycles. The molecule has 0 atom stereocenters. The molecule has 0 aliphatic heterocycles. The Bertz CT molecular complexity index is 30.5. The van der Waals surface area contributed by atoms with Crippen molar-refractivity contribution >= 4 is 0 Å². The van der Waals surface area contributed by atoms with Crippen molar-refractivity contribution in [3.8, 4) is 0 Å². The Morgan fingerprint density at radius 3 is 1.62 bits per heavy atom. The van der Waals surface area contributed by atoms with E-state index < -0.39 is 0 Å². The summed E-state index contributed by atoms with van der Waals surface area (Å²) in [6.45, 7) is 3.13. The summed E-state index contributed by atoms with van der Waals surface area (Å²) in [5.41, 5.74) is 10.3. The van der Waals surface area contributed by atoms with E-state index in [0.717, 1.165) is 13.1 Å². The molecule has 0 aromatic carbocycles. The average molecular weight is 159 g/mol. The Kier molecular flexibility index (Phi) is 14.6. The van der Waals surface area contributed by atoms with Crippen molar-refractivity contribution in [2.75, 3.05) is 26.2 Å². The SMILES string of the molecule is NCCNCCN.[Fe+2]. The van der Waals surface area contributed by atoms with Crippen molar-refractivity contribution in [1.82, 2.24) is 5.32 Å². The molecule has 0 spiro atoms. The summed E-state index contributed by atoms with van der Waals surface area (Å²) in [5, 5.41) is 3.03. The summed E-state index contributed by atoms with van der Waals surface area (Å²) < 4.78 is 0. The van der Waals surface area contributed by atoms with Crippen LogP contribution in [0.2, 0.25) is 0 Å². The van der Waals surface area contributed by atoms with Crippen molar-refractivity contribution in [2.24, 2.45) is 11.5 Å². The number of rotatable bonds is 4. The monoisotopic (exact) mass is 159 g/mol. The van der Waals surface area contributed by atoms with Crippen molar-refractivity contribution < 1.29 is 17.1 Å². The van der Waals surface area contributed by atoms with Crippen LogP contribution in [0.1, 0.15) is 0 Å². The van der Waals surface area contributed by atoms with Gasteiger partial charge in [0.25, 0.3) is 0 Å². The fraction of sp³-hybridized carbons (Fsp3) is 1.00. The van der Waals surface area contributed by atoms with E-state index in [2.05, 4.69) is 5.32 Å². The van der Waals surface area contributed by atoms with Crippen LogP contribution < -0.4 is 16.8 Å². The zero-order valence-corrected chi connectivity index (χ0v) is 5.94. The minimum absolute atomic E-state index is 0. The summed E-state index contributed by atoms with van der Waals surface area (Å²) in [5.74, 6) is 0. The summed E-state index contributed by atoms with van der Waals surface area (Å²) in [6.07, 6.45) is 0. The van der Waals surface area contributed by atoms with Gasteiger partial charge in [-0.2, -0.15) is 0 Å². The topological polar surface area (TPSA) is 64.1 Å². The zero-order chi connectivity index (χ0) is 5.54. The van der Waals surface area contributed by atoms with Crippen molar-refractivity contribution in [3.63, 3.8) is 0 Å². The second-order valence-corrected chi connectivity index (χ2v) is 1.33. The van der Waals surface area contributed by atoms with Gasteiger partial charge >= 0.3 is 17.1 Å². The molecule has 0 saturated carbocycles. The molecule has 0 bridgehead atoms. The van der Waals surface area contributed by atoms with E-state index in [1.54, 1.807) is 0 Å². The minimum atomic E-state index is 0. The van der Waals surface area contributed by atoms with Crippen LogP contribution in [-0.2, 0) is 17.1 Å². The fourth-order valence-electron chi connectivity index (χ4n) is 0.329. The van der Waals surface area contributed by atoms with Crippen LogP contribution in [0.5, 0.6) is 0 Å². The molecule has 4 heteroatoms. The first kappa shape index (κ1) is 11.2. The summed E-state index contributed by atoms with van der Waals surface area (Å²) in [6, 6.07) is 0. The normalized spacial score (nSPS) is 8.25. The van der Waals surface area contributed by atoms with Gasteiger partial charge in [0.05, 0.1) is 0 Å². The predicted molar refractivity (Wildman–Crippen MR) is 31.0 cm³/mol. The van der Waals surface area contributed by atoms with Gasteiger partial charge in [-0.15, -0.1) is 0 Å². The number of hydrogen-bond acceptors (Lipinski definition) is 3. The van der Waals surface area contributed by atoms with Crippen LogP contribution in [0.15, 0.2) is 0 Å². The molecular formula is C4H13FeN3+2. The second kappa shape index (κ2) is 10.4. The molecule has 0 aliphatic carbocycles. The van der Waals surface area contributed by atoms with E-state index >= 15 is 0 Å². The minimum Gasteiger partial charge on any atom is -0.329 e. The zero-order valence-electron chi connectivity index (χ0n) is 4.84. The number of nitrogens with two attached hydrogens (primary N) is 2. The quantitative estimate of drug-likeness (QED) is 0.345. The van der Waals surface area contributed by atoms with E-state index in [1.165, 1.54) is 0 Å². The van der Waals surface area contributed by atoms with Crippen LogP contribution in [-0.4, -0.2) is 26.2 Å². The van der Waals surface area contributed by atoms with Crippen molar-refractivity contribution in [1.29, 1.82) is 0 Å². The maximum absolute atomic E-state index is 5.17. The third-order valence-electron chi connectivity index (χ3n) is 0.642. The molecule has 0 aromatic rings. The Morgan fingerprint density at radius 1 is 1.00 bits per heavy atom. The molecule has 50 valence electrons. The third kappa shape index (κ3) is 9.64. The largest absolute Gasteiger partial charge is 2.00 e. The Morgan fingerprint density at radius 2 is 1.38 bits per heavy atom. The molecule has 0 fully saturated rings. The number of hydrogen-bond donors (Lipinski definition) is 3. The molecule has 8 heavy (non-hydrogen) atoms. The first-order chi connectivity index (χ1) is 3.41.